The molecule has 7 heterocycles. The quantitative estimate of drug-likeness (QED) is 0.118. The van der Waals surface area contributed by atoms with Gasteiger partial charge in [-0.3, -0.25) is 0 Å². The van der Waals surface area contributed by atoms with Gasteiger partial charge in [-0.05, 0) is 129 Å². The van der Waals surface area contributed by atoms with Crippen LogP contribution in [0.2, 0.25) is 5.28 Å². The number of thiophene rings is 2. The molecule has 0 saturated carbocycles. The molecule has 0 N–H and O–H groups in total. The van der Waals surface area contributed by atoms with Gasteiger partial charge in [-0.15, -0.1) is 22.7 Å². The molecule has 0 atom stereocenters. The summed E-state index contributed by atoms with van der Waals surface area (Å²) in [6.45, 7) is 24.4. The molecule has 6 aromatic carbocycles. The normalized spacial score (nSPS) is 18.6. The van der Waals surface area contributed by atoms with Crippen molar-refractivity contribution in [3.8, 4) is 44.8 Å². The molecular formula is C62H62B3ClN4O6S2. The van der Waals surface area contributed by atoms with Crippen LogP contribution in [0, 0.1) is 0 Å². The summed E-state index contributed by atoms with van der Waals surface area (Å²) >= 11 is 9.68. The summed E-state index contributed by atoms with van der Waals surface area (Å²) in [5.74, 6) is 0. The molecule has 13 rings (SSSR count). The van der Waals surface area contributed by atoms with E-state index in [0.717, 1.165) is 53.7 Å². The lowest BCUT2D eigenvalue weighted by Crippen LogP contribution is -2.41. The van der Waals surface area contributed by atoms with Crippen molar-refractivity contribution in [1.82, 2.24) is 19.9 Å². The fourth-order valence-corrected chi connectivity index (χ4v) is 12.0. The Bertz CT molecular complexity index is 3740. The number of aromatic nitrogens is 4. The minimum Gasteiger partial charge on any atom is -0.405 e. The average molecular weight is 1090 g/mol. The fraction of sp³-hybridized carbons (Fsp3) is 0.290. The third kappa shape index (κ3) is 10.2. The number of nitrogens with zero attached hydrogens (tertiary/aromatic N) is 4. The zero-order valence-corrected chi connectivity index (χ0v) is 48.6. The summed E-state index contributed by atoms with van der Waals surface area (Å²) in [7, 11) is -1.57. The van der Waals surface area contributed by atoms with Crippen molar-refractivity contribution < 1.29 is 27.9 Å². The number of fused-ring (bicyclic) bond motifs is 6. The van der Waals surface area contributed by atoms with Gasteiger partial charge in [0, 0.05) is 31.3 Å². The third-order valence-corrected chi connectivity index (χ3v) is 18.7. The van der Waals surface area contributed by atoms with E-state index in [-0.39, 0.29) is 27.7 Å². The van der Waals surface area contributed by atoms with Gasteiger partial charge in [-0.2, -0.15) is 0 Å². The Balaban J connectivity index is 0.000000131. The third-order valence-electron chi connectivity index (χ3n) is 16.2. The van der Waals surface area contributed by atoms with Crippen molar-refractivity contribution in [2.24, 2.45) is 0 Å². The van der Waals surface area contributed by atoms with Crippen molar-refractivity contribution in [1.29, 1.82) is 0 Å². The smallest absolute Gasteiger partial charge is 0.405 e. The molecule has 3 aliphatic rings. The van der Waals surface area contributed by atoms with Crippen molar-refractivity contribution >= 4 is 102 Å². The van der Waals surface area contributed by atoms with Crippen LogP contribution in [0.5, 0.6) is 0 Å². The first-order valence-electron chi connectivity index (χ1n) is 26.4. The molecule has 394 valence electrons. The highest BCUT2D eigenvalue weighted by Gasteiger charge is 2.64. The van der Waals surface area contributed by atoms with Gasteiger partial charge in [0.15, 0.2) is 5.72 Å². The second-order valence-electron chi connectivity index (χ2n) is 23.0. The lowest BCUT2D eigenvalue weighted by atomic mass is 9.49. The van der Waals surface area contributed by atoms with Crippen molar-refractivity contribution in [3.63, 3.8) is 0 Å². The topological polar surface area (TPSA) is 107 Å². The summed E-state index contributed by atoms with van der Waals surface area (Å²) in [6, 6.07) is 54.4. The highest BCUT2D eigenvalue weighted by Crippen LogP contribution is 2.45. The minimum atomic E-state index is -0.615. The summed E-state index contributed by atoms with van der Waals surface area (Å²) in [5.41, 5.74) is 8.75. The molecule has 78 heavy (non-hydrogen) atoms. The van der Waals surface area contributed by atoms with Crippen LogP contribution < -0.4 is 5.72 Å². The number of hydrogen-bond donors (Lipinski definition) is 0. The Hall–Kier alpha value is -5.84. The summed E-state index contributed by atoms with van der Waals surface area (Å²) in [4.78, 5) is 19.0. The molecule has 0 bridgehead atoms. The lowest BCUT2D eigenvalue weighted by Gasteiger charge is -2.32. The van der Waals surface area contributed by atoms with Crippen LogP contribution in [0.15, 0.2) is 158 Å². The number of hydrogen-bond acceptors (Lipinski definition) is 12. The zero-order valence-electron chi connectivity index (χ0n) is 46.2. The molecule has 16 heteroatoms. The first kappa shape index (κ1) is 54.1. The molecule has 0 spiro atoms. The van der Waals surface area contributed by atoms with Gasteiger partial charge in [0.1, 0.15) is 0 Å². The number of benzene rings is 6. The summed E-state index contributed by atoms with van der Waals surface area (Å²) in [6.07, 6.45) is 0. The van der Waals surface area contributed by atoms with Crippen LogP contribution in [0.3, 0.4) is 0 Å². The molecule has 0 aliphatic carbocycles. The molecule has 3 saturated heterocycles. The van der Waals surface area contributed by atoms with Gasteiger partial charge in [0.2, 0.25) is 5.28 Å². The Labute approximate surface area is 471 Å². The van der Waals surface area contributed by atoms with Crippen molar-refractivity contribution in [3.05, 3.63) is 163 Å². The van der Waals surface area contributed by atoms with E-state index in [1.54, 1.807) is 22.7 Å². The van der Waals surface area contributed by atoms with Gasteiger partial charge in [-0.1, -0.05) is 146 Å². The second-order valence-corrected chi connectivity index (χ2v) is 25.5. The summed E-state index contributed by atoms with van der Waals surface area (Å²) < 4.78 is 41.0. The standard InChI is InChI=1S/C28H25BN2O2S.C22H13ClN2S.C12H24B2O4/c1-27(2)28(3,4)33-29(32-27)26-30-23(25-24(31-26)21-12-8-9-13-22(21)34-25)20-16-14-19(15-17-20)18-10-6-5-7-11-18;23-22-24-19(21-20(25-22)17-8-4-5-9-18(17)26-21)16-12-10-15(11-13-16)14-6-2-1-3-7-14;1-9(2)10(3,4)16-13(15-9)14-17-11(5,6)12(7,8)18-14/h5-17H,1-4H3;1-13H;1-8H3. The molecule has 0 unspecified atom stereocenters. The zero-order chi connectivity index (χ0) is 55.0. The Morgan fingerprint density at radius 2 is 0.667 bits per heavy atom. The highest BCUT2D eigenvalue weighted by atomic mass is 35.5. The van der Waals surface area contributed by atoms with E-state index < -0.39 is 32.3 Å². The maximum atomic E-state index is 6.31. The average Bonchev–Trinajstić information content (AvgIpc) is 4.36. The number of rotatable bonds is 6. The number of halogens is 1. The largest absolute Gasteiger partial charge is 0.534 e. The molecule has 3 aliphatic heterocycles. The Morgan fingerprint density at radius 1 is 0.346 bits per heavy atom. The van der Waals surface area contributed by atoms with Crippen LogP contribution in [0.1, 0.15) is 83.1 Å². The molecule has 3 fully saturated rings. The maximum Gasteiger partial charge on any atom is 0.534 e. The Kier molecular flexibility index (Phi) is 14.1. The van der Waals surface area contributed by atoms with E-state index in [2.05, 4.69) is 159 Å². The van der Waals surface area contributed by atoms with Crippen molar-refractivity contribution in [2.75, 3.05) is 0 Å². The van der Waals surface area contributed by atoms with Gasteiger partial charge in [0.25, 0.3) is 0 Å². The van der Waals surface area contributed by atoms with Gasteiger partial charge < -0.3 is 27.9 Å². The van der Waals surface area contributed by atoms with Crippen LogP contribution >= 0.6 is 34.3 Å². The van der Waals surface area contributed by atoms with Crippen LogP contribution in [-0.2, 0) is 27.9 Å². The fourth-order valence-electron chi connectivity index (χ4n) is 9.52. The minimum absolute atomic E-state index is 0.281. The molecule has 4 aromatic heterocycles. The first-order chi connectivity index (χ1) is 37.0. The van der Waals surface area contributed by atoms with E-state index in [1.807, 2.05) is 91.8 Å². The molecule has 0 amide bonds. The van der Waals surface area contributed by atoms with E-state index in [4.69, 9.17) is 49.5 Å². The van der Waals surface area contributed by atoms with Gasteiger partial charge >= 0.3 is 21.1 Å². The maximum absolute atomic E-state index is 6.31. The highest BCUT2D eigenvalue weighted by molar-refractivity contribution is 7.26. The second kappa shape index (κ2) is 20.4. The SMILES string of the molecule is CC1(C)OB(B2OC(C)(C)C(C)(C)O2)OC1(C)C.CC1(C)OB(c2nc(-c3ccc(-c4ccccc4)cc3)c3sc4ccccc4c3n2)OC1(C)C.Clc1nc(-c2ccc(-c3ccccc3)cc2)c2sc3ccccc3c2n1. The van der Waals surface area contributed by atoms with Crippen LogP contribution in [0.4, 0.5) is 0 Å². The van der Waals surface area contributed by atoms with E-state index in [1.165, 1.54) is 31.7 Å². The van der Waals surface area contributed by atoms with E-state index in [9.17, 15) is 0 Å². The van der Waals surface area contributed by atoms with Gasteiger partial charge in [-0.25, -0.2) is 19.9 Å². The molecule has 0 radical (unpaired) electrons. The molecular weight excluding hydrogens is 1030 g/mol. The monoisotopic (exact) mass is 1090 g/mol. The molecule has 10 aromatic rings. The van der Waals surface area contributed by atoms with Gasteiger partial charge in [0.05, 0.1) is 65.4 Å². The van der Waals surface area contributed by atoms with E-state index in [0.29, 0.717) is 5.72 Å². The van der Waals surface area contributed by atoms with Crippen molar-refractivity contribution in [2.45, 2.75) is 117 Å². The lowest BCUT2D eigenvalue weighted by molar-refractivity contribution is 0.00578. The predicted molar refractivity (Wildman–Crippen MR) is 324 cm³/mol. The van der Waals surface area contributed by atoms with Crippen LogP contribution in [-0.4, -0.2) is 74.7 Å². The predicted octanol–water partition coefficient (Wildman–Crippen LogP) is 15.6. The van der Waals surface area contributed by atoms with E-state index >= 15 is 0 Å². The van der Waals surface area contributed by atoms with Crippen LogP contribution in [0.25, 0.3) is 85.4 Å². The Morgan fingerprint density at radius 3 is 1.08 bits per heavy atom. The molecule has 10 nitrogen and oxygen atoms in total. The first-order valence-corrected chi connectivity index (χ1v) is 28.4. The summed E-state index contributed by atoms with van der Waals surface area (Å²) in [5, 5.41) is 2.53.